The number of halogens is 2. The standard InChI is InChI=1S/C26H27F2N3O3/c1-26(25(33)29-18-6-4-3-5-7-18)15-30-22-14-19(34-2)10-8-16(22)12-23(30)24(32)31(26)21-11-9-17(27)13-20(21)28/h8-14,18H,3-7,15H2,1-2H3,(H,29,33). The van der Waals surface area contributed by atoms with Gasteiger partial charge in [0.25, 0.3) is 5.91 Å². The van der Waals surface area contributed by atoms with Gasteiger partial charge in [0, 0.05) is 23.6 Å². The second kappa shape index (κ2) is 8.42. The van der Waals surface area contributed by atoms with Gasteiger partial charge in [-0.2, -0.15) is 0 Å². The van der Waals surface area contributed by atoms with Crippen molar-refractivity contribution in [3.63, 3.8) is 0 Å². The fourth-order valence-electron chi connectivity index (χ4n) is 5.23. The maximum absolute atomic E-state index is 15.0. The van der Waals surface area contributed by atoms with Gasteiger partial charge < -0.3 is 14.6 Å². The van der Waals surface area contributed by atoms with E-state index in [-0.39, 0.29) is 24.2 Å². The van der Waals surface area contributed by atoms with Crippen LogP contribution in [0.1, 0.15) is 49.5 Å². The molecule has 6 nitrogen and oxygen atoms in total. The summed E-state index contributed by atoms with van der Waals surface area (Å²) in [5.74, 6) is -1.89. The average Bonchev–Trinajstić information content (AvgIpc) is 3.18. The number of ether oxygens (including phenoxy) is 1. The molecule has 0 spiro atoms. The zero-order valence-electron chi connectivity index (χ0n) is 19.2. The van der Waals surface area contributed by atoms with Crippen molar-refractivity contribution >= 4 is 28.4 Å². The molecule has 1 fully saturated rings. The van der Waals surface area contributed by atoms with Crippen molar-refractivity contribution in [2.45, 2.75) is 57.2 Å². The second-order valence-electron chi connectivity index (χ2n) is 9.36. The molecule has 2 heterocycles. The van der Waals surface area contributed by atoms with Crippen molar-refractivity contribution in [3.05, 3.63) is 59.8 Å². The maximum Gasteiger partial charge on any atom is 0.276 e. The second-order valence-corrected chi connectivity index (χ2v) is 9.36. The van der Waals surface area contributed by atoms with Gasteiger partial charge in [0.15, 0.2) is 0 Å². The molecule has 2 aromatic carbocycles. The first-order chi connectivity index (χ1) is 16.3. The molecule has 1 unspecified atom stereocenters. The number of nitrogens with one attached hydrogen (secondary N) is 1. The number of hydrogen-bond acceptors (Lipinski definition) is 3. The zero-order chi connectivity index (χ0) is 24.0. The van der Waals surface area contributed by atoms with Crippen molar-refractivity contribution in [2.75, 3.05) is 12.0 Å². The van der Waals surface area contributed by atoms with Gasteiger partial charge in [-0.15, -0.1) is 0 Å². The summed E-state index contributed by atoms with van der Waals surface area (Å²) in [6, 6.07) is 10.2. The third-order valence-corrected chi connectivity index (χ3v) is 7.07. The summed E-state index contributed by atoms with van der Waals surface area (Å²) >= 11 is 0. The van der Waals surface area contributed by atoms with E-state index in [1.54, 1.807) is 30.7 Å². The summed E-state index contributed by atoms with van der Waals surface area (Å²) in [5.41, 5.74) is -0.481. The van der Waals surface area contributed by atoms with Crippen molar-refractivity contribution in [1.29, 1.82) is 0 Å². The van der Waals surface area contributed by atoms with Crippen LogP contribution in [0.4, 0.5) is 14.5 Å². The Bertz CT molecular complexity index is 1280. The number of rotatable bonds is 4. The summed E-state index contributed by atoms with van der Waals surface area (Å²) in [4.78, 5) is 28.8. The van der Waals surface area contributed by atoms with Crippen molar-refractivity contribution in [3.8, 4) is 5.75 Å². The Morgan fingerprint density at radius 1 is 1.09 bits per heavy atom. The molecule has 5 rings (SSSR count). The molecule has 1 aliphatic heterocycles. The quantitative estimate of drug-likeness (QED) is 0.600. The highest BCUT2D eigenvalue weighted by Crippen LogP contribution is 2.38. The van der Waals surface area contributed by atoms with Crippen LogP contribution < -0.4 is 15.0 Å². The number of hydrogen-bond donors (Lipinski definition) is 1. The Morgan fingerprint density at radius 2 is 1.85 bits per heavy atom. The predicted molar refractivity (Wildman–Crippen MR) is 125 cm³/mol. The van der Waals surface area contributed by atoms with Crippen LogP contribution in [-0.2, 0) is 11.3 Å². The van der Waals surface area contributed by atoms with E-state index in [4.69, 9.17) is 4.74 Å². The zero-order valence-corrected chi connectivity index (χ0v) is 19.2. The fourth-order valence-corrected chi connectivity index (χ4v) is 5.23. The number of amides is 2. The molecule has 34 heavy (non-hydrogen) atoms. The minimum Gasteiger partial charge on any atom is -0.497 e. The van der Waals surface area contributed by atoms with E-state index in [0.29, 0.717) is 11.4 Å². The number of nitrogens with zero attached hydrogens (tertiary/aromatic N) is 2. The molecule has 178 valence electrons. The highest BCUT2D eigenvalue weighted by atomic mass is 19.1. The highest BCUT2D eigenvalue weighted by Gasteiger charge is 2.49. The maximum atomic E-state index is 15.0. The molecule has 2 amide bonds. The molecule has 1 aromatic heterocycles. The van der Waals surface area contributed by atoms with Gasteiger partial charge >= 0.3 is 0 Å². The van der Waals surface area contributed by atoms with E-state index in [1.165, 1.54) is 11.0 Å². The lowest BCUT2D eigenvalue weighted by Gasteiger charge is -2.44. The van der Waals surface area contributed by atoms with Crippen molar-refractivity contribution in [2.24, 2.45) is 0 Å². The Kier molecular flexibility index (Phi) is 5.54. The SMILES string of the molecule is COc1ccc2cc3n(c2c1)CC(C)(C(=O)NC1CCCCC1)N(c1ccc(F)cc1F)C3=O. The average molecular weight is 468 g/mol. The molecule has 1 saturated carbocycles. The first kappa shape index (κ1) is 22.4. The number of carbonyl (C=O) groups is 2. The lowest BCUT2D eigenvalue weighted by molar-refractivity contribution is -0.127. The molecular formula is C26H27F2N3O3. The largest absolute Gasteiger partial charge is 0.497 e. The summed E-state index contributed by atoms with van der Waals surface area (Å²) < 4.78 is 35.8. The number of methoxy groups -OCH3 is 1. The van der Waals surface area contributed by atoms with Gasteiger partial charge in [-0.25, -0.2) is 8.78 Å². The van der Waals surface area contributed by atoms with Crippen LogP contribution in [0.2, 0.25) is 0 Å². The van der Waals surface area contributed by atoms with E-state index in [1.807, 2.05) is 12.1 Å². The fraction of sp³-hybridized carbons (Fsp3) is 0.385. The number of carbonyl (C=O) groups excluding carboxylic acids is 2. The Morgan fingerprint density at radius 3 is 2.56 bits per heavy atom. The highest BCUT2D eigenvalue weighted by molar-refractivity contribution is 6.14. The van der Waals surface area contributed by atoms with E-state index >= 15 is 0 Å². The molecular weight excluding hydrogens is 440 g/mol. The molecule has 0 saturated heterocycles. The van der Waals surface area contributed by atoms with Gasteiger partial charge in [0.2, 0.25) is 5.91 Å². The minimum atomic E-state index is -1.44. The minimum absolute atomic E-state index is 0.0102. The number of fused-ring (bicyclic) bond motifs is 3. The normalized spacial score (nSPS) is 20.9. The van der Waals surface area contributed by atoms with E-state index in [2.05, 4.69) is 5.32 Å². The van der Waals surface area contributed by atoms with Crippen LogP contribution in [0.15, 0.2) is 42.5 Å². The van der Waals surface area contributed by atoms with Gasteiger partial charge in [-0.3, -0.25) is 14.5 Å². The lowest BCUT2D eigenvalue weighted by Crippen LogP contribution is -2.65. The molecule has 0 bridgehead atoms. The van der Waals surface area contributed by atoms with Gasteiger partial charge in [0.1, 0.15) is 28.6 Å². The molecule has 1 N–H and O–H groups in total. The Balaban J connectivity index is 1.65. The summed E-state index contributed by atoms with van der Waals surface area (Å²) in [7, 11) is 1.56. The summed E-state index contributed by atoms with van der Waals surface area (Å²) in [5, 5.41) is 3.91. The number of aromatic nitrogens is 1. The topological polar surface area (TPSA) is 63.6 Å². The molecule has 8 heteroatoms. The first-order valence-corrected chi connectivity index (χ1v) is 11.6. The van der Waals surface area contributed by atoms with E-state index in [0.717, 1.165) is 55.1 Å². The van der Waals surface area contributed by atoms with Crippen LogP contribution in [0, 0.1) is 11.6 Å². The number of benzene rings is 2. The third-order valence-electron chi connectivity index (χ3n) is 7.07. The number of anilines is 1. The molecule has 3 aromatic rings. The van der Waals surface area contributed by atoms with Crippen molar-refractivity contribution in [1.82, 2.24) is 9.88 Å². The predicted octanol–water partition coefficient (Wildman–Crippen LogP) is 4.80. The van der Waals surface area contributed by atoms with Crippen LogP contribution in [0.3, 0.4) is 0 Å². The van der Waals surface area contributed by atoms with Crippen LogP contribution in [-0.4, -0.2) is 35.1 Å². The summed E-state index contributed by atoms with van der Waals surface area (Å²) in [6.07, 6.45) is 4.94. The lowest BCUT2D eigenvalue weighted by atomic mass is 9.91. The van der Waals surface area contributed by atoms with Crippen LogP contribution >= 0.6 is 0 Å². The Hall–Kier alpha value is -3.42. The molecule has 1 atom stereocenters. The van der Waals surface area contributed by atoms with E-state index < -0.39 is 23.1 Å². The van der Waals surface area contributed by atoms with Gasteiger partial charge in [-0.1, -0.05) is 19.3 Å². The van der Waals surface area contributed by atoms with Crippen LogP contribution in [0.5, 0.6) is 5.75 Å². The Labute approximate surface area is 196 Å². The third kappa shape index (κ3) is 3.61. The summed E-state index contributed by atoms with van der Waals surface area (Å²) in [6.45, 7) is 1.75. The molecule has 2 aliphatic rings. The monoisotopic (exact) mass is 467 g/mol. The van der Waals surface area contributed by atoms with Crippen molar-refractivity contribution < 1.29 is 23.1 Å². The molecule has 0 radical (unpaired) electrons. The smallest absolute Gasteiger partial charge is 0.276 e. The van der Waals surface area contributed by atoms with Gasteiger partial charge in [0.05, 0.1) is 24.9 Å². The van der Waals surface area contributed by atoms with E-state index in [9.17, 15) is 18.4 Å². The molecule has 1 aliphatic carbocycles. The first-order valence-electron chi connectivity index (χ1n) is 11.6. The van der Waals surface area contributed by atoms with Gasteiger partial charge in [-0.05, 0) is 50.1 Å². The van der Waals surface area contributed by atoms with Crippen LogP contribution in [0.25, 0.3) is 10.9 Å².